The van der Waals surface area contributed by atoms with Gasteiger partial charge in [-0.2, -0.15) is 0 Å². The zero-order valence-electron chi connectivity index (χ0n) is 12.5. The summed E-state index contributed by atoms with van der Waals surface area (Å²) in [5.74, 6) is 2.27. The van der Waals surface area contributed by atoms with Gasteiger partial charge in [0, 0.05) is 12.0 Å². The Morgan fingerprint density at radius 1 is 1.05 bits per heavy atom. The van der Waals surface area contributed by atoms with Gasteiger partial charge >= 0.3 is 0 Å². The Hall–Kier alpha value is -0.900. The molecule has 19 heavy (non-hydrogen) atoms. The van der Waals surface area contributed by atoms with Crippen molar-refractivity contribution in [1.82, 2.24) is 15.5 Å². The predicted molar refractivity (Wildman–Crippen MR) is 75.8 cm³/mol. The van der Waals surface area contributed by atoms with Crippen LogP contribution in [0.25, 0.3) is 0 Å². The molecular formula is C15H27N3O. The molecule has 0 amide bonds. The summed E-state index contributed by atoms with van der Waals surface area (Å²) in [6, 6.07) is 0. The van der Waals surface area contributed by atoms with Crippen LogP contribution >= 0.6 is 0 Å². The third kappa shape index (κ3) is 5.31. The Bertz CT molecular complexity index is 373. The van der Waals surface area contributed by atoms with Crippen molar-refractivity contribution in [3.8, 4) is 0 Å². The van der Waals surface area contributed by atoms with Crippen LogP contribution in [0.5, 0.6) is 0 Å². The number of nitrogens with one attached hydrogen (secondary N) is 1. The summed E-state index contributed by atoms with van der Waals surface area (Å²) in [6.45, 7) is 7.06. The first-order valence-electron chi connectivity index (χ1n) is 7.59. The fourth-order valence-electron chi connectivity index (χ4n) is 2.60. The Morgan fingerprint density at radius 2 is 1.68 bits per heavy atom. The van der Waals surface area contributed by atoms with E-state index < -0.39 is 0 Å². The molecule has 2 rings (SSSR count). The minimum absolute atomic E-state index is 0.0793. The second-order valence-corrected chi connectivity index (χ2v) is 6.75. The molecule has 0 saturated heterocycles. The van der Waals surface area contributed by atoms with Crippen molar-refractivity contribution in [2.45, 2.75) is 77.8 Å². The third-order valence-electron chi connectivity index (χ3n) is 3.72. The van der Waals surface area contributed by atoms with E-state index in [4.69, 9.17) is 4.42 Å². The zero-order valence-corrected chi connectivity index (χ0v) is 12.5. The lowest BCUT2D eigenvalue weighted by Gasteiger charge is -2.18. The molecular weight excluding hydrogens is 238 g/mol. The fraction of sp³-hybridized carbons (Fsp3) is 0.867. The molecule has 0 bridgehead atoms. The van der Waals surface area contributed by atoms with Crippen molar-refractivity contribution in [2.75, 3.05) is 0 Å². The molecule has 1 heterocycles. The number of nitrogens with zero attached hydrogens (tertiary/aromatic N) is 2. The van der Waals surface area contributed by atoms with E-state index in [0.29, 0.717) is 12.4 Å². The largest absolute Gasteiger partial charge is 0.424 e. The normalized spacial score (nSPS) is 18.5. The Morgan fingerprint density at radius 3 is 2.32 bits per heavy atom. The van der Waals surface area contributed by atoms with Crippen LogP contribution in [0.3, 0.4) is 0 Å². The van der Waals surface area contributed by atoms with E-state index in [-0.39, 0.29) is 5.54 Å². The maximum Gasteiger partial charge on any atom is 0.230 e. The van der Waals surface area contributed by atoms with Gasteiger partial charge in [-0.25, -0.2) is 0 Å². The molecule has 1 saturated carbocycles. The highest BCUT2D eigenvalue weighted by molar-refractivity contribution is 4.86. The molecule has 0 aliphatic heterocycles. The predicted octanol–water partition coefficient (Wildman–Crippen LogP) is 3.47. The van der Waals surface area contributed by atoms with Gasteiger partial charge in [0.25, 0.3) is 0 Å². The summed E-state index contributed by atoms with van der Waals surface area (Å²) < 4.78 is 5.74. The first-order valence-corrected chi connectivity index (χ1v) is 7.59. The first-order chi connectivity index (χ1) is 9.03. The summed E-state index contributed by atoms with van der Waals surface area (Å²) in [7, 11) is 0. The lowest BCUT2D eigenvalue weighted by atomic mass is 9.97. The Labute approximate surface area is 116 Å². The highest BCUT2D eigenvalue weighted by Crippen LogP contribution is 2.25. The second kappa shape index (κ2) is 6.51. The Balaban J connectivity index is 1.82. The van der Waals surface area contributed by atoms with Crippen LogP contribution in [-0.2, 0) is 13.0 Å². The van der Waals surface area contributed by atoms with Crippen molar-refractivity contribution < 1.29 is 4.42 Å². The molecule has 1 aliphatic rings. The van der Waals surface area contributed by atoms with Gasteiger partial charge in [0.05, 0.1) is 6.54 Å². The average Bonchev–Trinajstić information content (AvgIpc) is 2.61. The van der Waals surface area contributed by atoms with Gasteiger partial charge < -0.3 is 9.73 Å². The van der Waals surface area contributed by atoms with Crippen LogP contribution in [0.15, 0.2) is 4.42 Å². The molecule has 1 fully saturated rings. The van der Waals surface area contributed by atoms with Crippen molar-refractivity contribution >= 4 is 0 Å². The van der Waals surface area contributed by atoms with Gasteiger partial charge in [-0.3, -0.25) is 0 Å². The summed E-state index contributed by atoms with van der Waals surface area (Å²) in [5, 5.41) is 11.7. The topological polar surface area (TPSA) is 51.0 Å². The van der Waals surface area contributed by atoms with Crippen LogP contribution in [0.4, 0.5) is 0 Å². The highest BCUT2D eigenvalue weighted by Gasteiger charge is 2.17. The molecule has 1 aromatic heterocycles. The van der Waals surface area contributed by atoms with Crippen molar-refractivity contribution in [3.63, 3.8) is 0 Å². The van der Waals surface area contributed by atoms with Crippen LogP contribution in [0.1, 0.15) is 71.1 Å². The zero-order chi connectivity index (χ0) is 13.7. The fourth-order valence-corrected chi connectivity index (χ4v) is 2.60. The van der Waals surface area contributed by atoms with Crippen LogP contribution in [0, 0.1) is 5.92 Å². The first kappa shape index (κ1) is 14.5. The van der Waals surface area contributed by atoms with Crippen LogP contribution < -0.4 is 5.32 Å². The quantitative estimate of drug-likeness (QED) is 0.847. The lowest BCUT2D eigenvalue weighted by Crippen LogP contribution is -2.35. The van der Waals surface area contributed by atoms with E-state index in [2.05, 4.69) is 36.3 Å². The SMILES string of the molecule is CC(C)(C)NCc1nnc(CC2CCCCCC2)o1. The van der Waals surface area contributed by atoms with Gasteiger partial charge in [0.1, 0.15) is 0 Å². The van der Waals surface area contributed by atoms with Gasteiger partial charge in [-0.05, 0) is 39.5 Å². The van der Waals surface area contributed by atoms with Crippen molar-refractivity contribution in [2.24, 2.45) is 5.92 Å². The molecule has 0 radical (unpaired) electrons. The molecule has 0 spiro atoms. The van der Waals surface area contributed by atoms with Gasteiger partial charge in [0.2, 0.25) is 11.8 Å². The van der Waals surface area contributed by atoms with Gasteiger partial charge in [-0.1, -0.05) is 25.7 Å². The minimum Gasteiger partial charge on any atom is -0.424 e. The summed E-state index contributed by atoms with van der Waals surface area (Å²) in [5.41, 5.74) is 0.0793. The summed E-state index contributed by atoms with van der Waals surface area (Å²) >= 11 is 0. The average molecular weight is 265 g/mol. The van der Waals surface area contributed by atoms with Crippen LogP contribution in [-0.4, -0.2) is 15.7 Å². The maximum atomic E-state index is 5.74. The molecule has 108 valence electrons. The lowest BCUT2D eigenvalue weighted by molar-refractivity contribution is 0.351. The van der Waals surface area contributed by atoms with Crippen molar-refractivity contribution in [1.29, 1.82) is 0 Å². The maximum absolute atomic E-state index is 5.74. The molecule has 0 atom stereocenters. The van der Waals surface area contributed by atoms with E-state index in [1.165, 1.54) is 38.5 Å². The van der Waals surface area contributed by atoms with Crippen LogP contribution in [0.2, 0.25) is 0 Å². The van der Waals surface area contributed by atoms with Gasteiger partial charge in [0.15, 0.2) is 0 Å². The Kier molecular flexibility index (Phi) is 4.97. The standard InChI is InChI=1S/C15H27N3O/c1-15(2,3)16-11-14-18-17-13(19-14)10-12-8-6-4-5-7-9-12/h12,16H,4-11H2,1-3H3. The molecule has 0 unspecified atom stereocenters. The second-order valence-electron chi connectivity index (χ2n) is 6.75. The molecule has 4 heteroatoms. The molecule has 1 N–H and O–H groups in total. The summed E-state index contributed by atoms with van der Waals surface area (Å²) in [6.07, 6.45) is 9.09. The highest BCUT2D eigenvalue weighted by atomic mass is 16.4. The van der Waals surface area contributed by atoms with E-state index in [0.717, 1.165) is 18.2 Å². The third-order valence-corrected chi connectivity index (χ3v) is 3.72. The molecule has 4 nitrogen and oxygen atoms in total. The molecule has 1 aliphatic carbocycles. The van der Waals surface area contributed by atoms with E-state index in [1.807, 2.05) is 0 Å². The smallest absolute Gasteiger partial charge is 0.230 e. The van der Waals surface area contributed by atoms with E-state index in [1.54, 1.807) is 0 Å². The number of hydrogen-bond donors (Lipinski definition) is 1. The molecule has 1 aromatic rings. The van der Waals surface area contributed by atoms with E-state index >= 15 is 0 Å². The number of aromatic nitrogens is 2. The summed E-state index contributed by atoms with van der Waals surface area (Å²) in [4.78, 5) is 0. The number of hydrogen-bond acceptors (Lipinski definition) is 4. The monoisotopic (exact) mass is 265 g/mol. The minimum atomic E-state index is 0.0793. The van der Waals surface area contributed by atoms with E-state index in [9.17, 15) is 0 Å². The molecule has 0 aromatic carbocycles. The number of rotatable bonds is 4. The van der Waals surface area contributed by atoms with Gasteiger partial charge in [-0.15, -0.1) is 10.2 Å². The van der Waals surface area contributed by atoms with Crippen molar-refractivity contribution in [3.05, 3.63) is 11.8 Å².